The zero-order valence-electron chi connectivity index (χ0n) is 16.1. The molecule has 4 aromatic rings. The number of pyridine rings is 1. The van der Waals surface area contributed by atoms with Crippen LogP contribution in [0.5, 0.6) is 0 Å². The van der Waals surface area contributed by atoms with Gasteiger partial charge in [-0.1, -0.05) is 47.2 Å². The molecule has 0 saturated carbocycles. The number of nitrogens with zero attached hydrogens (tertiary/aromatic N) is 3. The minimum atomic E-state index is -0.0400. The Labute approximate surface area is 168 Å². The van der Waals surface area contributed by atoms with Crippen molar-refractivity contribution in [2.75, 3.05) is 4.90 Å². The first-order chi connectivity index (χ1) is 13.5. The van der Waals surface area contributed by atoms with Crippen molar-refractivity contribution >= 4 is 32.6 Å². The third kappa shape index (κ3) is 3.53. The number of anilines is 1. The Balaban J connectivity index is 1.82. The summed E-state index contributed by atoms with van der Waals surface area (Å²) in [6.45, 7) is 6.45. The van der Waals surface area contributed by atoms with Crippen LogP contribution in [0, 0.1) is 20.8 Å². The average molecular weight is 388 g/mol. The zero-order chi connectivity index (χ0) is 19.7. The van der Waals surface area contributed by atoms with Gasteiger partial charge in [-0.05, 0) is 55.7 Å². The summed E-state index contributed by atoms with van der Waals surface area (Å²) in [5.41, 5.74) is 5.77. The van der Waals surface area contributed by atoms with Crippen molar-refractivity contribution in [2.24, 2.45) is 0 Å². The molecule has 0 aliphatic rings. The number of benzene rings is 2. The Hall–Kier alpha value is -3.05. The number of rotatable bonds is 4. The maximum atomic E-state index is 13.6. The summed E-state index contributed by atoms with van der Waals surface area (Å²) in [6.07, 6.45) is 3.53. The Bertz CT molecular complexity index is 1150. The van der Waals surface area contributed by atoms with Crippen LogP contribution in [-0.4, -0.2) is 15.9 Å². The molecule has 4 nitrogen and oxygen atoms in total. The van der Waals surface area contributed by atoms with Crippen LogP contribution >= 0.6 is 11.3 Å². The van der Waals surface area contributed by atoms with Crippen molar-refractivity contribution in [1.29, 1.82) is 0 Å². The van der Waals surface area contributed by atoms with Gasteiger partial charge >= 0.3 is 0 Å². The fraction of sp³-hybridized carbons (Fsp3) is 0.174. The number of fused-ring (bicyclic) bond motifs is 1. The number of para-hydroxylation sites is 1. The number of thiazole rings is 1. The SMILES string of the molecule is Cc1ccc(C)c(C(=O)N(Cc2cccnc2)c2nc3c(C)cccc3s2)c1. The van der Waals surface area contributed by atoms with E-state index in [9.17, 15) is 4.79 Å². The van der Waals surface area contributed by atoms with Crippen LogP contribution in [0.25, 0.3) is 10.2 Å². The quantitative estimate of drug-likeness (QED) is 0.467. The second kappa shape index (κ2) is 7.52. The molecule has 1 amide bonds. The molecule has 0 aliphatic heterocycles. The summed E-state index contributed by atoms with van der Waals surface area (Å²) in [7, 11) is 0. The standard InChI is InChI=1S/C23H21N3OS/c1-15-9-10-16(2)19(12-15)22(27)26(14-18-7-5-11-24-13-18)23-25-21-17(3)6-4-8-20(21)28-23/h4-13H,14H2,1-3H3. The monoisotopic (exact) mass is 387 g/mol. The van der Waals surface area contributed by atoms with Crippen molar-refractivity contribution in [3.05, 3.63) is 88.7 Å². The number of carbonyl (C=O) groups is 1. The summed E-state index contributed by atoms with van der Waals surface area (Å²) < 4.78 is 1.08. The lowest BCUT2D eigenvalue weighted by atomic mass is 10.0. The van der Waals surface area contributed by atoms with Gasteiger partial charge in [-0.2, -0.15) is 0 Å². The molecule has 0 saturated heterocycles. The lowest BCUT2D eigenvalue weighted by Crippen LogP contribution is -2.31. The van der Waals surface area contributed by atoms with E-state index < -0.39 is 0 Å². The van der Waals surface area contributed by atoms with Crippen molar-refractivity contribution in [2.45, 2.75) is 27.3 Å². The number of carbonyl (C=O) groups excluding carboxylic acids is 1. The molecule has 0 unspecified atom stereocenters. The largest absolute Gasteiger partial charge is 0.279 e. The zero-order valence-corrected chi connectivity index (χ0v) is 17.0. The highest BCUT2D eigenvalue weighted by atomic mass is 32.1. The van der Waals surface area contributed by atoms with E-state index in [0.29, 0.717) is 17.2 Å². The van der Waals surface area contributed by atoms with Gasteiger partial charge < -0.3 is 0 Å². The molecular formula is C23H21N3OS. The first-order valence-electron chi connectivity index (χ1n) is 9.17. The van der Waals surface area contributed by atoms with Crippen molar-refractivity contribution in [3.63, 3.8) is 0 Å². The molecular weight excluding hydrogens is 366 g/mol. The van der Waals surface area contributed by atoms with Crippen LogP contribution in [0.1, 0.15) is 32.6 Å². The van der Waals surface area contributed by atoms with Crippen molar-refractivity contribution < 1.29 is 4.79 Å². The van der Waals surface area contributed by atoms with Gasteiger partial charge in [0.1, 0.15) is 0 Å². The number of aromatic nitrogens is 2. The number of amides is 1. The van der Waals surface area contributed by atoms with Gasteiger partial charge in [-0.25, -0.2) is 4.98 Å². The molecule has 0 radical (unpaired) electrons. The second-order valence-corrected chi connectivity index (χ2v) is 8.00. The first kappa shape index (κ1) is 18.3. The number of hydrogen-bond acceptors (Lipinski definition) is 4. The van der Waals surface area contributed by atoms with Crippen molar-refractivity contribution in [3.8, 4) is 0 Å². The van der Waals surface area contributed by atoms with Gasteiger partial charge in [0.25, 0.3) is 5.91 Å². The first-order valence-corrected chi connectivity index (χ1v) is 9.99. The highest BCUT2D eigenvalue weighted by molar-refractivity contribution is 7.22. The normalized spacial score (nSPS) is 11.0. The van der Waals surface area contributed by atoms with E-state index in [1.165, 1.54) is 0 Å². The van der Waals surface area contributed by atoms with E-state index >= 15 is 0 Å². The third-order valence-corrected chi connectivity index (χ3v) is 5.82. The van der Waals surface area contributed by atoms with E-state index in [1.54, 1.807) is 28.6 Å². The molecule has 2 aromatic heterocycles. The molecule has 0 spiro atoms. The summed E-state index contributed by atoms with van der Waals surface area (Å²) in [4.78, 5) is 24.3. The summed E-state index contributed by atoms with van der Waals surface area (Å²) in [6, 6.07) is 16.0. The van der Waals surface area contributed by atoms with Gasteiger partial charge in [0, 0.05) is 18.0 Å². The van der Waals surface area contributed by atoms with E-state index in [0.717, 1.165) is 32.5 Å². The van der Waals surface area contributed by atoms with E-state index in [-0.39, 0.29) is 5.91 Å². The number of hydrogen-bond donors (Lipinski definition) is 0. The number of aryl methyl sites for hydroxylation is 3. The highest BCUT2D eigenvalue weighted by Gasteiger charge is 2.23. The minimum absolute atomic E-state index is 0.0400. The molecule has 0 aliphatic carbocycles. The molecule has 28 heavy (non-hydrogen) atoms. The molecule has 0 N–H and O–H groups in total. The molecule has 4 rings (SSSR count). The maximum absolute atomic E-state index is 13.6. The fourth-order valence-electron chi connectivity index (χ4n) is 3.20. The summed E-state index contributed by atoms with van der Waals surface area (Å²) in [5.74, 6) is -0.0400. The van der Waals surface area contributed by atoms with E-state index in [2.05, 4.69) is 4.98 Å². The molecule has 140 valence electrons. The molecule has 5 heteroatoms. The molecule has 0 atom stereocenters. The van der Waals surface area contributed by atoms with Gasteiger partial charge in [-0.3, -0.25) is 14.7 Å². The van der Waals surface area contributed by atoms with Crippen LogP contribution in [0.2, 0.25) is 0 Å². The van der Waals surface area contributed by atoms with Crippen LogP contribution in [0.15, 0.2) is 60.9 Å². The van der Waals surface area contributed by atoms with Crippen LogP contribution < -0.4 is 4.90 Å². The van der Waals surface area contributed by atoms with Crippen LogP contribution in [0.3, 0.4) is 0 Å². The van der Waals surface area contributed by atoms with Crippen LogP contribution in [0.4, 0.5) is 5.13 Å². The summed E-state index contributed by atoms with van der Waals surface area (Å²) in [5, 5.41) is 0.707. The topological polar surface area (TPSA) is 46.1 Å². The van der Waals surface area contributed by atoms with Gasteiger partial charge in [0.15, 0.2) is 5.13 Å². The lowest BCUT2D eigenvalue weighted by molar-refractivity contribution is 0.0984. The molecule has 0 fully saturated rings. The fourth-order valence-corrected chi connectivity index (χ4v) is 4.24. The van der Waals surface area contributed by atoms with Gasteiger partial charge in [0.05, 0.1) is 16.8 Å². The predicted octanol–water partition coefficient (Wildman–Crippen LogP) is 5.46. The van der Waals surface area contributed by atoms with E-state index in [4.69, 9.17) is 4.98 Å². The Morgan fingerprint density at radius 2 is 1.89 bits per heavy atom. The Morgan fingerprint density at radius 1 is 1.04 bits per heavy atom. The molecule has 2 aromatic carbocycles. The lowest BCUT2D eigenvalue weighted by Gasteiger charge is -2.21. The highest BCUT2D eigenvalue weighted by Crippen LogP contribution is 2.32. The molecule has 0 bridgehead atoms. The second-order valence-electron chi connectivity index (χ2n) is 6.99. The Morgan fingerprint density at radius 3 is 2.64 bits per heavy atom. The van der Waals surface area contributed by atoms with Gasteiger partial charge in [-0.15, -0.1) is 0 Å². The van der Waals surface area contributed by atoms with Gasteiger partial charge in [0.2, 0.25) is 0 Å². The van der Waals surface area contributed by atoms with Crippen molar-refractivity contribution in [1.82, 2.24) is 9.97 Å². The van der Waals surface area contributed by atoms with Crippen LogP contribution in [-0.2, 0) is 6.54 Å². The Kier molecular flexibility index (Phi) is 4.92. The minimum Gasteiger partial charge on any atom is -0.279 e. The maximum Gasteiger partial charge on any atom is 0.260 e. The predicted molar refractivity (Wildman–Crippen MR) is 115 cm³/mol. The average Bonchev–Trinajstić information content (AvgIpc) is 3.14. The summed E-state index contributed by atoms with van der Waals surface area (Å²) >= 11 is 1.55. The molecule has 2 heterocycles. The third-order valence-electron chi connectivity index (χ3n) is 4.77. The van der Waals surface area contributed by atoms with E-state index in [1.807, 2.05) is 69.3 Å². The smallest absolute Gasteiger partial charge is 0.260 e.